The molecule has 0 aliphatic heterocycles. The van der Waals surface area contributed by atoms with Crippen molar-refractivity contribution in [2.45, 2.75) is 18.3 Å². The van der Waals surface area contributed by atoms with Gasteiger partial charge in [0.25, 0.3) is 0 Å². The van der Waals surface area contributed by atoms with Crippen LogP contribution < -0.4 is 0 Å². The average Bonchev–Trinajstić information content (AvgIpc) is 2.14. The standard InChI is InChI=1S/C9H8ClF3O2S/c1-6(16(10,14)15)7-3-2-4-8(5-7)9(11,12)13/h2-6H,1H3. The highest BCUT2D eigenvalue weighted by molar-refractivity contribution is 8.13. The Hall–Kier alpha value is -0.750. The molecule has 1 atom stereocenters. The molecule has 0 aliphatic rings. The van der Waals surface area contributed by atoms with E-state index >= 15 is 0 Å². The van der Waals surface area contributed by atoms with Gasteiger partial charge >= 0.3 is 6.18 Å². The summed E-state index contributed by atoms with van der Waals surface area (Å²) in [4.78, 5) is 0. The van der Waals surface area contributed by atoms with E-state index in [2.05, 4.69) is 0 Å². The van der Waals surface area contributed by atoms with Gasteiger partial charge in [0.05, 0.1) is 10.8 Å². The molecule has 1 rings (SSSR count). The summed E-state index contributed by atoms with van der Waals surface area (Å²) in [6.07, 6.45) is -4.49. The zero-order chi connectivity index (χ0) is 12.6. The van der Waals surface area contributed by atoms with Crippen LogP contribution in [-0.2, 0) is 15.2 Å². The molecule has 7 heteroatoms. The Labute approximate surface area is 95.5 Å². The predicted octanol–water partition coefficient (Wildman–Crippen LogP) is 3.34. The SMILES string of the molecule is CC(c1cccc(C(F)(F)F)c1)S(=O)(=O)Cl. The van der Waals surface area contributed by atoms with Crippen LogP contribution in [0.2, 0.25) is 0 Å². The third kappa shape index (κ3) is 3.12. The molecule has 1 unspecified atom stereocenters. The first-order valence-electron chi connectivity index (χ1n) is 4.23. The zero-order valence-electron chi connectivity index (χ0n) is 8.12. The van der Waals surface area contributed by atoms with Crippen molar-refractivity contribution in [3.8, 4) is 0 Å². The van der Waals surface area contributed by atoms with E-state index in [1.54, 1.807) is 0 Å². The molecule has 0 N–H and O–H groups in total. The van der Waals surface area contributed by atoms with Crippen LogP contribution in [0.25, 0.3) is 0 Å². The molecule has 0 aromatic heterocycles. The normalized spacial score (nSPS) is 14.8. The maximum atomic E-state index is 12.3. The van der Waals surface area contributed by atoms with E-state index in [4.69, 9.17) is 10.7 Å². The summed E-state index contributed by atoms with van der Waals surface area (Å²) < 4.78 is 59.0. The molecule has 16 heavy (non-hydrogen) atoms. The van der Waals surface area contributed by atoms with Crippen LogP contribution in [0.4, 0.5) is 13.2 Å². The summed E-state index contributed by atoms with van der Waals surface area (Å²) in [6, 6.07) is 4.10. The van der Waals surface area contributed by atoms with E-state index in [0.29, 0.717) is 0 Å². The minimum absolute atomic E-state index is 0.0184. The van der Waals surface area contributed by atoms with Gasteiger partial charge in [-0.1, -0.05) is 18.2 Å². The second kappa shape index (κ2) is 4.25. The van der Waals surface area contributed by atoms with Crippen molar-refractivity contribution in [2.75, 3.05) is 0 Å². The lowest BCUT2D eigenvalue weighted by Crippen LogP contribution is -2.08. The Morgan fingerprint density at radius 1 is 1.31 bits per heavy atom. The molecule has 0 radical (unpaired) electrons. The Morgan fingerprint density at radius 2 is 1.88 bits per heavy atom. The van der Waals surface area contributed by atoms with E-state index < -0.39 is 26.0 Å². The van der Waals surface area contributed by atoms with Crippen molar-refractivity contribution in [3.05, 3.63) is 35.4 Å². The van der Waals surface area contributed by atoms with Gasteiger partial charge in [-0.3, -0.25) is 0 Å². The Balaban J connectivity index is 3.19. The maximum Gasteiger partial charge on any atom is 0.416 e. The number of hydrogen-bond donors (Lipinski definition) is 0. The van der Waals surface area contributed by atoms with Crippen LogP contribution in [0.15, 0.2) is 24.3 Å². The molecule has 0 amide bonds. The molecule has 2 nitrogen and oxygen atoms in total. The van der Waals surface area contributed by atoms with E-state index in [1.165, 1.54) is 13.0 Å². The van der Waals surface area contributed by atoms with Crippen molar-refractivity contribution in [2.24, 2.45) is 0 Å². The van der Waals surface area contributed by atoms with Crippen molar-refractivity contribution >= 4 is 19.7 Å². The second-order valence-electron chi connectivity index (χ2n) is 3.24. The highest BCUT2D eigenvalue weighted by Crippen LogP contribution is 2.32. The fourth-order valence-electron chi connectivity index (χ4n) is 1.13. The highest BCUT2D eigenvalue weighted by Gasteiger charge is 2.31. The lowest BCUT2D eigenvalue weighted by molar-refractivity contribution is -0.137. The van der Waals surface area contributed by atoms with Crippen molar-refractivity contribution < 1.29 is 21.6 Å². The van der Waals surface area contributed by atoms with E-state index in [1.807, 2.05) is 0 Å². The van der Waals surface area contributed by atoms with Crippen molar-refractivity contribution in [1.29, 1.82) is 0 Å². The summed E-state index contributed by atoms with van der Waals surface area (Å²) >= 11 is 0. The molecule has 0 fully saturated rings. The van der Waals surface area contributed by atoms with Crippen LogP contribution in [0.3, 0.4) is 0 Å². The molecule has 1 aromatic carbocycles. The number of hydrogen-bond acceptors (Lipinski definition) is 2. The summed E-state index contributed by atoms with van der Waals surface area (Å²) in [7, 11) is 1.16. The fourth-order valence-corrected chi connectivity index (χ4v) is 1.91. The van der Waals surface area contributed by atoms with Crippen LogP contribution in [-0.4, -0.2) is 8.42 Å². The first kappa shape index (κ1) is 13.3. The lowest BCUT2D eigenvalue weighted by atomic mass is 10.1. The van der Waals surface area contributed by atoms with Gasteiger partial charge in [-0.25, -0.2) is 8.42 Å². The lowest BCUT2D eigenvalue weighted by Gasteiger charge is -2.11. The molecule has 90 valence electrons. The zero-order valence-corrected chi connectivity index (χ0v) is 9.70. The van der Waals surface area contributed by atoms with Crippen LogP contribution in [0.1, 0.15) is 23.3 Å². The van der Waals surface area contributed by atoms with Gasteiger partial charge in [0.15, 0.2) is 0 Å². The first-order chi connectivity index (χ1) is 7.12. The van der Waals surface area contributed by atoms with Gasteiger partial charge in [0, 0.05) is 10.7 Å². The van der Waals surface area contributed by atoms with E-state index in [-0.39, 0.29) is 5.56 Å². The summed E-state index contributed by atoms with van der Waals surface area (Å²) in [5.41, 5.74) is -0.873. The Bertz CT molecular complexity index is 482. The second-order valence-corrected chi connectivity index (χ2v) is 6.19. The number of benzene rings is 1. The number of halogens is 4. The third-order valence-corrected chi connectivity index (χ3v) is 4.02. The highest BCUT2D eigenvalue weighted by atomic mass is 35.7. The Morgan fingerprint density at radius 3 is 2.31 bits per heavy atom. The molecule has 0 aliphatic carbocycles. The number of alkyl halides is 3. The average molecular weight is 273 g/mol. The van der Waals surface area contributed by atoms with Gasteiger partial charge in [-0.2, -0.15) is 13.2 Å². The molecular weight excluding hydrogens is 265 g/mol. The summed E-state index contributed by atoms with van der Waals surface area (Å²) in [5.74, 6) is 0. The molecule has 1 aromatic rings. The molecule has 0 bridgehead atoms. The molecule has 0 saturated carbocycles. The monoisotopic (exact) mass is 272 g/mol. The minimum Gasteiger partial charge on any atom is -0.212 e. The van der Waals surface area contributed by atoms with E-state index in [0.717, 1.165) is 18.2 Å². The van der Waals surface area contributed by atoms with Crippen LogP contribution >= 0.6 is 10.7 Å². The quantitative estimate of drug-likeness (QED) is 0.774. The first-order valence-corrected chi connectivity index (χ1v) is 6.60. The molecule has 0 saturated heterocycles. The fraction of sp³-hybridized carbons (Fsp3) is 0.333. The largest absolute Gasteiger partial charge is 0.416 e. The van der Waals surface area contributed by atoms with Crippen molar-refractivity contribution in [1.82, 2.24) is 0 Å². The van der Waals surface area contributed by atoms with Gasteiger partial charge in [0.2, 0.25) is 9.05 Å². The summed E-state index contributed by atoms with van der Waals surface area (Å²) in [6.45, 7) is 1.23. The summed E-state index contributed by atoms with van der Waals surface area (Å²) in [5, 5.41) is -1.17. The van der Waals surface area contributed by atoms with Gasteiger partial charge in [-0.15, -0.1) is 0 Å². The topological polar surface area (TPSA) is 34.1 Å². The minimum atomic E-state index is -4.49. The third-order valence-electron chi connectivity index (χ3n) is 2.11. The van der Waals surface area contributed by atoms with Crippen LogP contribution in [0, 0.1) is 0 Å². The molecular formula is C9H8ClF3O2S. The van der Waals surface area contributed by atoms with Crippen molar-refractivity contribution in [3.63, 3.8) is 0 Å². The smallest absolute Gasteiger partial charge is 0.212 e. The van der Waals surface area contributed by atoms with Gasteiger partial charge in [-0.05, 0) is 18.6 Å². The molecule has 0 spiro atoms. The predicted molar refractivity (Wildman–Crippen MR) is 54.6 cm³/mol. The van der Waals surface area contributed by atoms with E-state index in [9.17, 15) is 21.6 Å². The van der Waals surface area contributed by atoms with Crippen LogP contribution in [0.5, 0.6) is 0 Å². The van der Waals surface area contributed by atoms with Gasteiger partial charge in [0.1, 0.15) is 0 Å². The van der Waals surface area contributed by atoms with Gasteiger partial charge < -0.3 is 0 Å². The maximum absolute atomic E-state index is 12.3. The number of rotatable bonds is 2. The Kier molecular flexibility index (Phi) is 3.54. The molecule has 0 heterocycles.